The number of nitrogen functional groups attached to an aromatic ring is 1. The van der Waals surface area contributed by atoms with Crippen LogP contribution in [0.5, 0.6) is 0 Å². The number of hydrogen-bond donors (Lipinski definition) is 1. The van der Waals surface area contributed by atoms with Crippen LogP contribution in [0.25, 0.3) is 10.2 Å². The highest BCUT2D eigenvalue weighted by Gasteiger charge is 2.24. The number of pyridine rings is 1. The first-order chi connectivity index (χ1) is 10.1. The Morgan fingerprint density at radius 1 is 1.43 bits per heavy atom. The number of thiophene rings is 1. The number of nitrogens with two attached hydrogens (primary N) is 1. The lowest BCUT2D eigenvalue weighted by molar-refractivity contribution is 0.0708. The molecule has 0 atom stereocenters. The first kappa shape index (κ1) is 15.8. The van der Waals surface area contributed by atoms with E-state index in [-0.39, 0.29) is 11.9 Å². The first-order valence-corrected chi connectivity index (χ1v) is 8.31. The number of fused-ring (bicyclic) bond motifs is 1. The van der Waals surface area contributed by atoms with Gasteiger partial charge in [0.15, 0.2) is 0 Å². The number of carbonyl (C=O) groups excluding carboxylic acids is 1. The zero-order valence-corrected chi connectivity index (χ0v) is 13.7. The topological polar surface area (TPSA) is 59.2 Å². The predicted octanol–water partition coefficient (Wildman–Crippen LogP) is 3.92. The van der Waals surface area contributed by atoms with E-state index >= 15 is 0 Å². The van der Waals surface area contributed by atoms with Crippen LogP contribution < -0.4 is 5.73 Å². The van der Waals surface area contributed by atoms with E-state index < -0.39 is 0 Å². The third-order valence-corrected chi connectivity index (χ3v) is 4.71. The smallest absolute Gasteiger partial charge is 0.266 e. The van der Waals surface area contributed by atoms with Gasteiger partial charge >= 0.3 is 0 Å². The molecule has 2 rings (SSSR count). The second-order valence-corrected chi connectivity index (χ2v) is 6.55. The zero-order valence-electron chi connectivity index (χ0n) is 12.9. The number of hydrogen-bond acceptors (Lipinski definition) is 4. The van der Waals surface area contributed by atoms with Crippen molar-refractivity contribution in [1.29, 1.82) is 0 Å². The Kier molecular flexibility index (Phi) is 5.17. The van der Waals surface area contributed by atoms with Crippen LogP contribution in [0.15, 0.2) is 18.3 Å². The molecule has 114 valence electrons. The lowest BCUT2D eigenvalue weighted by Gasteiger charge is -2.26. The predicted molar refractivity (Wildman–Crippen MR) is 89.7 cm³/mol. The van der Waals surface area contributed by atoms with E-state index in [1.54, 1.807) is 6.20 Å². The third kappa shape index (κ3) is 3.35. The molecular formula is C16H23N3OS. The minimum absolute atomic E-state index is 0.0293. The molecule has 0 saturated carbocycles. The minimum atomic E-state index is 0.0293. The fraction of sp³-hybridized carbons (Fsp3) is 0.500. The SMILES string of the molecule is CCCCCN(C(=O)c1sc2cccnc2c1N)C(C)C. The molecule has 2 aromatic heterocycles. The highest BCUT2D eigenvalue weighted by Crippen LogP contribution is 2.33. The number of nitrogens with zero attached hydrogens (tertiary/aromatic N) is 2. The van der Waals surface area contributed by atoms with Crippen molar-refractivity contribution in [3.8, 4) is 0 Å². The summed E-state index contributed by atoms with van der Waals surface area (Å²) in [5.41, 5.74) is 7.39. The van der Waals surface area contributed by atoms with Gasteiger partial charge in [0.25, 0.3) is 5.91 Å². The maximum absolute atomic E-state index is 12.8. The van der Waals surface area contributed by atoms with Gasteiger partial charge in [-0.2, -0.15) is 0 Å². The quantitative estimate of drug-likeness (QED) is 0.823. The third-order valence-electron chi connectivity index (χ3n) is 3.56. The lowest BCUT2D eigenvalue weighted by Crippen LogP contribution is -2.37. The van der Waals surface area contributed by atoms with E-state index in [2.05, 4.69) is 11.9 Å². The molecule has 0 bridgehead atoms. The van der Waals surface area contributed by atoms with E-state index in [4.69, 9.17) is 5.73 Å². The monoisotopic (exact) mass is 305 g/mol. The molecule has 0 unspecified atom stereocenters. The Labute approximate surface area is 130 Å². The van der Waals surface area contributed by atoms with Crippen molar-refractivity contribution in [2.24, 2.45) is 0 Å². The molecule has 0 fully saturated rings. The molecule has 4 nitrogen and oxygen atoms in total. The van der Waals surface area contributed by atoms with Crippen molar-refractivity contribution in [2.75, 3.05) is 12.3 Å². The molecule has 0 aliphatic carbocycles. The Morgan fingerprint density at radius 2 is 2.19 bits per heavy atom. The summed E-state index contributed by atoms with van der Waals surface area (Å²) >= 11 is 1.44. The van der Waals surface area contributed by atoms with E-state index in [0.29, 0.717) is 10.6 Å². The molecule has 21 heavy (non-hydrogen) atoms. The molecule has 2 N–H and O–H groups in total. The van der Waals surface area contributed by atoms with E-state index in [1.807, 2.05) is 30.9 Å². The number of unbranched alkanes of at least 4 members (excludes halogenated alkanes) is 2. The summed E-state index contributed by atoms with van der Waals surface area (Å²) < 4.78 is 0.968. The fourth-order valence-corrected chi connectivity index (χ4v) is 3.40. The highest BCUT2D eigenvalue weighted by molar-refractivity contribution is 7.21. The van der Waals surface area contributed by atoms with Gasteiger partial charge in [-0.05, 0) is 32.4 Å². The van der Waals surface area contributed by atoms with Crippen LogP contribution in [0.4, 0.5) is 5.69 Å². The van der Waals surface area contributed by atoms with Crippen LogP contribution in [0, 0.1) is 0 Å². The summed E-state index contributed by atoms with van der Waals surface area (Å²) in [4.78, 5) is 19.6. The summed E-state index contributed by atoms with van der Waals surface area (Å²) in [6.45, 7) is 7.04. The molecule has 2 aromatic rings. The Balaban J connectivity index is 2.28. The first-order valence-electron chi connectivity index (χ1n) is 7.50. The highest BCUT2D eigenvalue weighted by atomic mass is 32.1. The van der Waals surface area contributed by atoms with Crippen LogP contribution in [0.1, 0.15) is 49.7 Å². The number of anilines is 1. The molecule has 1 amide bonds. The van der Waals surface area contributed by atoms with Gasteiger partial charge in [-0.25, -0.2) is 0 Å². The second-order valence-electron chi connectivity index (χ2n) is 5.49. The van der Waals surface area contributed by atoms with Gasteiger partial charge < -0.3 is 10.6 Å². The Bertz CT molecular complexity index is 621. The number of amides is 1. The maximum atomic E-state index is 12.8. The lowest BCUT2D eigenvalue weighted by atomic mass is 10.2. The van der Waals surface area contributed by atoms with E-state index in [1.165, 1.54) is 11.3 Å². The van der Waals surface area contributed by atoms with Gasteiger partial charge in [0.05, 0.1) is 10.4 Å². The van der Waals surface area contributed by atoms with E-state index in [9.17, 15) is 4.79 Å². The normalized spacial score (nSPS) is 11.2. The standard InChI is InChI=1S/C16H23N3OS/c1-4-5-6-10-19(11(2)3)16(20)15-13(17)14-12(21-15)8-7-9-18-14/h7-9,11H,4-6,10,17H2,1-3H3. The number of carbonyl (C=O) groups is 1. The van der Waals surface area contributed by atoms with Crippen molar-refractivity contribution in [3.05, 3.63) is 23.2 Å². The van der Waals surface area contributed by atoms with Crippen molar-refractivity contribution < 1.29 is 4.79 Å². The van der Waals surface area contributed by atoms with Crippen molar-refractivity contribution in [2.45, 2.75) is 46.1 Å². The van der Waals surface area contributed by atoms with Crippen molar-refractivity contribution >= 4 is 33.1 Å². The fourth-order valence-electron chi connectivity index (χ4n) is 2.36. The van der Waals surface area contributed by atoms with Gasteiger partial charge in [-0.1, -0.05) is 19.8 Å². The van der Waals surface area contributed by atoms with Crippen LogP contribution in [-0.2, 0) is 0 Å². The Morgan fingerprint density at radius 3 is 2.81 bits per heavy atom. The molecule has 0 aliphatic rings. The Hall–Kier alpha value is -1.62. The number of aromatic nitrogens is 1. The molecule has 0 spiro atoms. The molecule has 5 heteroatoms. The molecule has 0 aromatic carbocycles. The van der Waals surface area contributed by atoms with Gasteiger partial charge in [0, 0.05) is 18.8 Å². The molecular weight excluding hydrogens is 282 g/mol. The zero-order chi connectivity index (χ0) is 15.4. The summed E-state index contributed by atoms with van der Waals surface area (Å²) in [5.74, 6) is 0.0293. The van der Waals surface area contributed by atoms with Crippen LogP contribution >= 0.6 is 11.3 Å². The summed E-state index contributed by atoms with van der Waals surface area (Å²) in [6.07, 6.45) is 5.03. The van der Waals surface area contributed by atoms with Gasteiger partial charge in [0.2, 0.25) is 0 Å². The maximum Gasteiger partial charge on any atom is 0.266 e. The minimum Gasteiger partial charge on any atom is -0.396 e. The van der Waals surface area contributed by atoms with Crippen LogP contribution in [0.2, 0.25) is 0 Å². The van der Waals surface area contributed by atoms with Crippen LogP contribution in [0.3, 0.4) is 0 Å². The number of rotatable bonds is 6. The average molecular weight is 305 g/mol. The molecule has 0 aliphatic heterocycles. The van der Waals surface area contributed by atoms with Crippen molar-refractivity contribution in [3.63, 3.8) is 0 Å². The largest absolute Gasteiger partial charge is 0.396 e. The average Bonchev–Trinajstić information content (AvgIpc) is 2.80. The second kappa shape index (κ2) is 6.89. The van der Waals surface area contributed by atoms with Crippen LogP contribution in [-0.4, -0.2) is 28.4 Å². The van der Waals surface area contributed by atoms with Crippen molar-refractivity contribution in [1.82, 2.24) is 9.88 Å². The van der Waals surface area contributed by atoms with Gasteiger partial charge in [-0.3, -0.25) is 9.78 Å². The summed E-state index contributed by atoms with van der Waals surface area (Å²) in [6, 6.07) is 4.00. The van der Waals surface area contributed by atoms with E-state index in [0.717, 1.165) is 36.0 Å². The molecule has 0 radical (unpaired) electrons. The van der Waals surface area contributed by atoms with Gasteiger partial charge in [-0.15, -0.1) is 11.3 Å². The summed E-state index contributed by atoms with van der Waals surface area (Å²) in [7, 11) is 0. The molecule has 2 heterocycles. The summed E-state index contributed by atoms with van der Waals surface area (Å²) in [5, 5.41) is 0. The molecule has 0 saturated heterocycles. The van der Waals surface area contributed by atoms with Gasteiger partial charge in [0.1, 0.15) is 10.4 Å².